The van der Waals surface area contributed by atoms with Crippen LogP contribution in [0.4, 0.5) is 5.69 Å². The molecule has 0 spiro atoms. The summed E-state index contributed by atoms with van der Waals surface area (Å²) in [6.07, 6.45) is 0.531. The van der Waals surface area contributed by atoms with Crippen LogP contribution >= 0.6 is 0 Å². The Morgan fingerprint density at radius 1 is 1.06 bits per heavy atom. The maximum atomic E-state index is 5.27. The zero-order valence-electron chi connectivity index (χ0n) is 9.51. The molecule has 1 atom stereocenters. The first kappa shape index (κ1) is 10.1. The zero-order valence-corrected chi connectivity index (χ0v) is 9.51. The first-order chi connectivity index (χ1) is 7.92. The van der Waals surface area contributed by atoms with E-state index in [0.29, 0.717) is 6.10 Å². The van der Waals surface area contributed by atoms with Crippen LogP contribution in [0.3, 0.4) is 0 Å². The Balaban J connectivity index is 1.53. The smallest absolute Gasteiger partial charge is 0.0936 e. The largest absolute Gasteiger partial charge is 0.372 e. The van der Waals surface area contributed by atoms with Gasteiger partial charge in [-0.05, 0) is 12.1 Å². The van der Waals surface area contributed by atoms with Crippen LogP contribution in [0.2, 0.25) is 0 Å². The molecule has 1 unspecified atom stereocenters. The molecule has 2 saturated heterocycles. The molecule has 3 rings (SSSR count). The zero-order chi connectivity index (χ0) is 10.8. The fraction of sp³-hybridized carbons (Fsp3) is 0.538. The van der Waals surface area contributed by atoms with Crippen molar-refractivity contribution < 1.29 is 4.74 Å². The second-order valence-corrected chi connectivity index (χ2v) is 4.58. The third-order valence-electron chi connectivity index (χ3n) is 3.36. The number of epoxide rings is 1. The van der Waals surface area contributed by atoms with Crippen molar-refractivity contribution in [2.45, 2.75) is 6.10 Å². The highest BCUT2D eigenvalue weighted by Crippen LogP contribution is 2.17. The van der Waals surface area contributed by atoms with Gasteiger partial charge in [-0.2, -0.15) is 0 Å². The molecule has 0 radical (unpaired) electrons. The number of hydrogen-bond donors (Lipinski definition) is 0. The van der Waals surface area contributed by atoms with E-state index in [-0.39, 0.29) is 0 Å². The maximum Gasteiger partial charge on any atom is 0.0936 e. The Hall–Kier alpha value is -1.06. The predicted octanol–water partition coefficient (Wildman–Crippen LogP) is 1.21. The lowest BCUT2D eigenvalue weighted by molar-refractivity contribution is 0.230. The summed E-state index contributed by atoms with van der Waals surface area (Å²) in [6, 6.07) is 10.7. The number of benzene rings is 1. The normalized spacial score (nSPS) is 25.8. The van der Waals surface area contributed by atoms with Crippen LogP contribution in [-0.2, 0) is 4.74 Å². The number of hydrogen-bond acceptors (Lipinski definition) is 3. The minimum Gasteiger partial charge on any atom is -0.372 e. The van der Waals surface area contributed by atoms with Gasteiger partial charge in [0.25, 0.3) is 0 Å². The van der Waals surface area contributed by atoms with Crippen molar-refractivity contribution in [2.24, 2.45) is 0 Å². The summed E-state index contributed by atoms with van der Waals surface area (Å²) < 4.78 is 5.27. The average molecular weight is 218 g/mol. The van der Waals surface area contributed by atoms with E-state index in [9.17, 15) is 0 Å². The summed E-state index contributed by atoms with van der Waals surface area (Å²) >= 11 is 0. The first-order valence-corrected chi connectivity index (χ1v) is 6.06. The van der Waals surface area contributed by atoms with Crippen molar-refractivity contribution in [3.63, 3.8) is 0 Å². The van der Waals surface area contributed by atoms with Crippen LogP contribution in [0.5, 0.6) is 0 Å². The van der Waals surface area contributed by atoms with Gasteiger partial charge in [0.1, 0.15) is 0 Å². The summed E-state index contributed by atoms with van der Waals surface area (Å²) in [6.45, 7) is 6.69. The molecule has 2 aliphatic rings. The summed E-state index contributed by atoms with van der Waals surface area (Å²) in [5.74, 6) is 0. The van der Waals surface area contributed by atoms with E-state index < -0.39 is 0 Å². The Morgan fingerprint density at radius 3 is 2.38 bits per heavy atom. The highest BCUT2D eigenvalue weighted by molar-refractivity contribution is 5.46. The van der Waals surface area contributed by atoms with E-state index in [2.05, 4.69) is 40.1 Å². The van der Waals surface area contributed by atoms with Crippen molar-refractivity contribution in [3.05, 3.63) is 30.3 Å². The molecule has 16 heavy (non-hydrogen) atoms. The lowest BCUT2D eigenvalue weighted by atomic mass is 10.2. The van der Waals surface area contributed by atoms with E-state index in [0.717, 1.165) is 39.3 Å². The molecule has 0 saturated carbocycles. The third kappa shape index (κ3) is 2.36. The molecule has 86 valence electrons. The van der Waals surface area contributed by atoms with Crippen LogP contribution < -0.4 is 4.90 Å². The lowest BCUT2D eigenvalue weighted by Crippen LogP contribution is -2.47. The Morgan fingerprint density at radius 2 is 1.75 bits per heavy atom. The van der Waals surface area contributed by atoms with Crippen LogP contribution in [0.1, 0.15) is 0 Å². The van der Waals surface area contributed by atoms with Crippen LogP contribution in [-0.4, -0.2) is 50.3 Å². The molecule has 1 aromatic rings. The molecule has 0 aromatic heterocycles. The van der Waals surface area contributed by atoms with Crippen LogP contribution in [0, 0.1) is 0 Å². The van der Waals surface area contributed by atoms with Crippen LogP contribution in [0.25, 0.3) is 0 Å². The van der Waals surface area contributed by atoms with E-state index >= 15 is 0 Å². The predicted molar refractivity (Wildman–Crippen MR) is 64.8 cm³/mol. The summed E-state index contributed by atoms with van der Waals surface area (Å²) in [4.78, 5) is 4.97. The molecule has 0 bridgehead atoms. The Bertz CT molecular complexity index is 329. The van der Waals surface area contributed by atoms with Crippen LogP contribution in [0.15, 0.2) is 30.3 Å². The summed E-state index contributed by atoms with van der Waals surface area (Å²) in [7, 11) is 0. The SMILES string of the molecule is c1ccc(N2CCN(CC3CO3)CC2)cc1. The van der Waals surface area contributed by atoms with Gasteiger partial charge in [-0.15, -0.1) is 0 Å². The molecule has 2 heterocycles. The number of ether oxygens (including phenoxy) is 1. The molecule has 2 aliphatic heterocycles. The van der Waals surface area contributed by atoms with Gasteiger partial charge in [-0.25, -0.2) is 0 Å². The van der Waals surface area contributed by atoms with E-state index in [1.165, 1.54) is 5.69 Å². The van der Waals surface area contributed by atoms with E-state index in [1.807, 2.05) is 0 Å². The highest BCUT2D eigenvalue weighted by Gasteiger charge is 2.27. The van der Waals surface area contributed by atoms with Crippen molar-refractivity contribution in [3.8, 4) is 0 Å². The standard InChI is InChI=1S/C13H18N2O/c1-2-4-12(5-3-1)15-8-6-14(7-9-15)10-13-11-16-13/h1-5,13H,6-11H2. The number of anilines is 1. The van der Waals surface area contributed by atoms with Crippen molar-refractivity contribution >= 4 is 5.69 Å². The second kappa shape index (κ2) is 4.44. The summed E-state index contributed by atoms with van der Waals surface area (Å²) in [5, 5.41) is 0. The topological polar surface area (TPSA) is 19.0 Å². The van der Waals surface area contributed by atoms with Gasteiger partial charge < -0.3 is 9.64 Å². The molecule has 3 heteroatoms. The van der Waals surface area contributed by atoms with Gasteiger partial charge in [0.05, 0.1) is 12.7 Å². The Labute approximate surface area is 96.6 Å². The average Bonchev–Trinajstić information content (AvgIpc) is 3.15. The number of para-hydroxylation sites is 1. The molecule has 0 aliphatic carbocycles. The van der Waals surface area contributed by atoms with Gasteiger partial charge in [0, 0.05) is 38.4 Å². The molecule has 3 nitrogen and oxygen atoms in total. The first-order valence-electron chi connectivity index (χ1n) is 6.06. The Kier molecular flexibility index (Phi) is 2.80. The quantitative estimate of drug-likeness (QED) is 0.711. The molecular formula is C13H18N2O. The number of rotatable bonds is 3. The fourth-order valence-electron chi connectivity index (χ4n) is 2.29. The maximum absolute atomic E-state index is 5.27. The monoisotopic (exact) mass is 218 g/mol. The number of nitrogens with zero attached hydrogens (tertiary/aromatic N) is 2. The lowest BCUT2D eigenvalue weighted by Gasteiger charge is -2.35. The van der Waals surface area contributed by atoms with Gasteiger partial charge in [0.2, 0.25) is 0 Å². The van der Waals surface area contributed by atoms with Crippen molar-refractivity contribution in [2.75, 3.05) is 44.2 Å². The number of piperazine rings is 1. The third-order valence-corrected chi connectivity index (χ3v) is 3.36. The minimum atomic E-state index is 0.531. The van der Waals surface area contributed by atoms with E-state index in [1.54, 1.807) is 0 Å². The molecule has 1 aromatic carbocycles. The molecule has 0 amide bonds. The molecule has 0 N–H and O–H groups in total. The van der Waals surface area contributed by atoms with Gasteiger partial charge in [-0.1, -0.05) is 18.2 Å². The molecule has 2 fully saturated rings. The second-order valence-electron chi connectivity index (χ2n) is 4.58. The minimum absolute atomic E-state index is 0.531. The van der Waals surface area contributed by atoms with Gasteiger partial charge in [0.15, 0.2) is 0 Å². The highest BCUT2D eigenvalue weighted by atomic mass is 16.6. The van der Waals surface area contributed by atoms with Crippen molar-refractivity contribution in [1.82, 2.24) is 4.90 Å². The molecular weight excluding hydrogens is 200 g/mol. The van der Waals surface area contributed by atoms with Gasteiger partial charge >= 0.3 is 0 Å². The summed E-state index contributed by atoms with van der Waals surface area (Å²) in [5.41, 5.74) is 1.35. The van der Waals surface area contributed by atoms with Crippen molar-refractivity contribution in [1.29, 1.82) is 0 Å². The van der Waals surface area contributed by atoms with E-state index in [4.69, 9.17) is 4.74 Å². The van der Waals surface area contributed by atoms with Gasteiger partial charge in [-0.3, -0.25) is 4.90 Å². The fourth-order valence-corrected chi connectivity index (χ4v) is 2.29.